The van der Waals surface area contributed by atoms with Crippen molar-refractivity contribution in [1.82, 2.24) is 9.88 Å². The molecule has 1 heterocycles. The predicted octanol–water partition coefficient (Wildman–Crippen LogP) is 3.83. The maximum atomic E-state index is 12.5. The molecule has 0 saturated heterocycles. The van der Waals surface area contributed by atoms with E-state index in [-0.39, 0.29) is 18.0 Å². The number of pyridine rings is 1. The molecule has 1 aromatic rings. The van der Waals surface area contributed by atoms with E-state index in [9.17, 15) is 31.1 Å². The Morgan fingerprint density at radius 2 is 1.83 bits per heavy atom. The van der Waals surface area contributed by atoms with E-state index in [2.05, 4.69) is 9.72 Å². The average molecular weight is 358 g/mol. The molecule has 1 aromatic heterocycles. The standard InChI is InChI=1S/C14H16F6N2O2/c1-2-3-6-22(8-13(15,16)17)12(23)10-4-5-11(21-7-10)24-9-14(18,19)20/h4-5,7H,2-3,6,8-9H2,1H3. The van der Waals surface area contributed by atoms with E-state index in [1.165, 1.54) is 0 Å². The lowest BCUT2D eigenvalue weighted by Gasteiger charge is -2.23. The van der Waals surface area contributed by atoms with Crippen molar-refractivity contribution >= 4 is 5.91 Å². The van der Waals surface area contributed by atoms with Gasteiger partial charge in [0.25, 0.3) is 5.91 Å². The molecule has 1 amide bonds. The number of aromatic nitrogens is 1. The largest absolute Gasteiger partial charge is 0.468 e. The molecule has 0 unspecified atom stereocenters. The summed E-state index contributed by atoms with van der Waals surface area (Å²) in [6.45, 7) is -1.27. The maximum absolute atomic E-state index is 12.5. The number of carbonyl (C=O) groups is 1. The molecule has 0 radical (unpaired) electrons. The molecule has 4 nitrogen and oxygen atoms in total. The van der Waals surface area contributed by atoms with E-state index >= 15 is 0 Å². The van der Waals surface area contributed by atoms with E-state index in [4.69, 9.17) is 0 Å². The van der Waals surface area contributed by atoms with E-state index in [0.717, 1.165) is 18.3 Å². The van der Waals surface area contributed by atoms with Crippen molar-refractivity contribution in [2.24, 2.45) is 0 Å². The fourth-order valence-electron chi connectivity index (χ4n) is 1.75. The lowest BCUT2D eigenvalue weighted by molar-refractivity contribution is -0.154. The first-order valence-corrected chi connectivity index (χ1v) is 7.03. The molecule has 0 aliphatic heterocycles. The molecular weight excluding hydrogens is 342 g/mol. The van der Waals surface area contributed by atoms with Crippen molar-refractivity contribution in [2.45, 2.75) is 32.1 Å². The van der Waals surface area contributed by atoms with E-state index in [0.29, 0.717) is 17.7 Å². The van der Waals surface area contributed by atoms with Gasteiger partial charge in [-0.2, -0.15) is 26.3 Å². The van der Waals surface area contributed by atoms with Crippen LogP contribution in [0.3, 0.4) is 0 Å². The van der Waals surface area contributed by atoms with E-state index < -0.39 is 31.4 Å². The van der Waals surface area contributed by atoms with Gasteiger partial charge in [0.15, 0.2) is 6.61 Å². The van der Waals surface area contributed by atoms with Crippen molar-refractivity contribution in [3.05, 3.63) is 23.9 Å². The van der Waals surface area contributed by atoms with Gasteiger partial charge in [0.05, 0.1) is 5.56 Å². The molecule has 0 spiro atoms. The second-order valence-corrected chi connectivity index (χ2v) is 4.98. The first-order chi connectivity index (χ1) is 11.0. The Morgan fingerprint density at radius 1 is 1.17 bits per heavy atom. The minimum Gasteiger partial charge on any atom is -0.468 e. The van der Waals surface area contributed by atoms with Crippen LogP contribution in [0.15, 0.2) is 18.3 Å². The van der Waals surface area contributed by atoms with Gasteiger partial charge < -0.3 is 9.64 Å². The number of rotatable bonds is 7. The number of ether oxygens (including phenoxy) is 1. The van der Waals surface area contributed by atoms with Crippen LogP contribution in [0.1, 0.15) is 30.1 Å². The highest BCUT2D eigenvalue weighted by Crippen LogP contribution is 2.20. The van der Waals surface area contributed by atoms with Gasteiger partial charge in [-0.1, -0.05) is 13.3 Å². The molecule has 0 bridgehead atoms. The number of unbranched alkanes of at least 4 members (excludes halogenated alkanes) is 1. The predicted molar refractivity (Wildman–Crippen MR) is 72.7 cm³/mol. The number of carbonyl (C=O) groups excluding carboxylic acids is 1. The molecule has 0 saturated carbocycles. The number of hydrogen-bond acceptors (Lipinski definition) is 3. The minimum absolute atomic E-state index is 0.0822. The van der Waals surface area contributed by atoms with Crippen molar-refractivity contribution in [2.75, 3.05) is 19.7 Å². The van der Waals surface area contributed by atoms with Gasteiger partial charge >= 0.3 is 12.4 Å². The number of alkyl halides is 6. The van der Waals surface area contributed by atoms with Crippen LogP contribution in [0.4, 0.5) is 26.3 Å². The summed E-state index contributed by atoms with van der Waals surface area (Å²) in [6, 6.07) is 2.08. The van der Waals surface area contributed by atoms with Crippen molar-refractivity contribution in [3.8, 4) is 5.88 Å². The maximum Gasteiger partial charge on any atom is 0.422 e. The molecule has 0 atom stereocenters. The minimum atomic E-state index is -4.55. The van der Waals surface area contributed by atoms with Crippen LogP contribution in [0.2, 0.25) is 0 Å². The zero-order valence-electron chi connectivity index (χ0n) is 12.7. The summed E-state index contributed by atoms with van der Waals surface area (Å²) in [4.78, 5) is 16.3. The summed E-state index contributed by atoms with van der Waals surface area (Å²) in [7, 11) is 0. The first-order valence-electron chi connectivity index (χ1n) is 7.03. The molecular formula is C14H16F6N2O2. The Hall–Kier alpha value is -2.00. The summed E-state index contributed by atoms with van der Waals surface area (Å²) in [5.41, 5.74) is -0.158. The van der Waals surface area contributed by atoms with Gasteiger partial charge in [-0.05, 0) is 12.5 Å². The van der Waals surface area contributed by atoms with Gasteiger partial charge in [-0.25, -0.2) is 4.98 Å². The average Bonchev–Trinajstić information content (AvgIpc) is 2.47. The normalized spacial score (nSPS) is 12.1. The molecule has 136 valence electrons. The van der Waals surface area contributed by atoms with Crippen LogP contribution in [0.5, 0.6) is 5.88 Å². The topological polar surface area (TPSA) is 42.4 Å². The number of nitrogens with zero attached hydrogens (tertiary/aromatic N) is 2. The van der Waals surface area contributed by atoms with Gasteiger partial charge in [0.2, 0.25) is 5.88 Å². The van der Waals surface area contributed by atoms with Crippen LogP contribution in [-0.4, -0.2) is 47.8 Å². The molecule has 24 heavy (non-hydrogen) atoms. The number of halogens is 6. The summed E-state index contributed by atoms with van der Waals surface area (Å²) >= 11 is 0. The summed E-state index contributed by atoms with van der Waals surface area (Å²) in [5.74, 6) is -1.27. The van der Waals surface area contributed by atoms with Crippen LogP contribution >= 0.6 is 0 Å². The van der Waals surface area contributed by atoms with Gasteiger partial charge in [-0.3, -0.25) is 4.79 Å². The van der Waals surface area contributed by atoms with Crippen LogP contribution in [0, 0.1) is 0 Å². The number of amides is 1. The van der Waals surface area contributed by atoms with Crippen molar-refractivity contribution in [3.63, 3.8) is 0 Å². The van der Waals surface area contributed by atoms with Gasteiger partial charge in [0.1, 0.15) is 6.54 Å². The fourth-order valence-corrected chi connectivity index (χ4v) is 1.75. The van der Waals surface area contributed by atoms with Crippen LogP contribution < -0.4 is 4.74 Å². The van der Waals surface area contributed by atoms with E-state index in [1.54, 1.807) is 6.92 Å². The van der Waals surface area contributed by atoms with Crippen LogP contribution in [0.25, 0.3) is 0 Å². The summed E-state index contributed by atoms with van der Waals surface area (Å²) in [5, 5.41) is 0. The number of hydrogen-bond donors (Lipinski definition) is 0. The van der Waals surface area contributed by atoms with Gasteiger partial charge in [-0.15, -0.1) is 0 Å². The highest BCUT2D eigenvalue weighted by molar-refractivity contribution is 5.94. The Balaban J connectivity index is 2.79. The second kappa shape index (κ2) is 8.20. The third kappa shape index (κ3) is 7.51. The smallest absolute Gasteiger partial charge is 0.422 e. The fraction of sp³-hybridized carbons (Fsp3) is 0.571. The first kappa shape index (κ1) is 20.0. The monoisotopic (exact) mass is 358 g/mol. The SMILES string of the molecule is CCCCN(CC(F)(F)F)C(=O)c1ccc(OCC(F)(F)F)nc1. The van der Waals surface area contributed by atoms with Crippen LogP contribution in [-0.2, 0) is 0 Å². The quantitative estimate of drug-likeness (QED) is 0.696. The molecule has 0 aliphatic carbocycles. The van der Waals surface area contributed by atoms with Crippen molar-refractivity contribution < 1.29 is 35.9 Å². The molecule has 1 rings (SSSR count). The lowest BCUT2D eigenvalue weighted by Crippen LogP contribution is -2.39. The van der Waals surface area contributed by atoms with Gasteiger partial charge in [0, 0.05) is 18.8 Å². The Labute approximate surface area is 134 Å². The molecule has 0 aromatic carbocycles. The second-order valence-electron chi connectivity index (χ2n) is 4.98. The molecule has 0 fully saturated rings. The molecule has 0 N–H and O–H groups in total. The Bertz CT molecular complexity index is 528. The zero-order valence-corrected chi connectivity index (χ0v) is 12.7. The highest BCUT2D eigenvalue weighted by atomic mass is 19.4. The third-order valence-corrected chi connectivity index (χ3v) is 2.81. The summed E-state index contributed by atoms with van der Waals surface area (Å²) in [6.07, 6.45) is -7.21. The molecule has 10 heteroatoms. The van der Waals surface area contributed by atoms with Crippen molar-refractivity contribution in [1.29, 1.82) is 0 Å². The third-order valence-electron chi connectivity index (χ3n) is 2.81. The Kier molecular flexibility index (Phi) is 6.85. The zero-order chi connectivity index (χ0) is 18.4. The lowest BCUT2D eigenvalue weighted by atomic mass is 10.2. The van der Waals surface area contributed by atoms with E-state index in [1.807, 2.05) is 0 Å². The molecule has 0 aliphatic rings. The summed E-state index contributed by atoms with van der Waals surface area (Å²) < 4.78 is 78.0. The highest BCUT2D eigenvalue weighted by Gasteiger charge is 2.33. The Morgan fingerprint density at radius 3 is 2.29 bits per heavy atom.